The summed E-state index contributed by atoms with van der Waals surface area (Å²) < 4.78 is 41.1. The first-order valence-electron chi connectivity index (χ1n) is 9.47. The SMILES string of the molecule is CN(C)S(=O)(=O)c1ccc(COC(=O)/C=C/c2ccc(OCc3ccccc3)cc2)o1. The minimum Gasteiger partial charge on any atom is -0.489 e. The van der Waals surface area contributed by atoms with Gasteiger partial charge in [-0.25, -0.2) is 17.5 Å². The lowest BCUT2D eigenvalue weighted by molar-refractivity contribution is -0.139. The van der Waals surface area contributed by atoms with Crippen LogP contribution in [0.2, 0.25) is 0 Å². The third-order valence-electron chi connectivity index (χ3n) is 4.27. The normalized spacial score (nSPS) is 11.7. The average molecular weight is 442 g/mol. The van der Waals surface area contributed by atoms with Gasteiger partial charge in [0.25, 0.3) is 10.0 Å². The van der Waals surface area contributed by atoms with E-state index in [1.807, 2.05) is 54.6 Å². The second-order valence-electron chi connectivity index (χ2n) is 6.79. The van der Waals surface area contributed by atoms with Crippen molar-refractivity contribution in [2.24, 2.45) is 0 Å². The van der Waals surface area contributed by atoms with Crippen molar-refractivity contribution in [1.29, 1.82) is 0 Å². The van der Waals surface area contributed by atoms with Gasteiger partial charge in [0.05, 0.1) is 0 Å². The lowest BCUT2D eigenvalue weighted by Crippen LogP contribution is -2.21. The first-order valence-corrected chi connectivity index (χ1v) is 10.9. The third kappa shape index (κ3) is 6.31. The van der Waals surface area contributed by atoms with Crippen LogP contribution >= 0.6 is 0 Å². The molecule has 162 valence electrons. The number of carbonyl (C=O) groups is 1. The Labute approximate surface area is 181 Å². The highest BCUT2D eigenvalue weighted by Crippen LogP contribution is 2.18. The molecule has 1 heterocycles. The Balaban J connectivity index is 1.48. The number of hydrogen-bond acceptors (Lipinski definition) is 6. The molecule has 0 radical (unpaired) electrons. The van der Waals surface area contributed by atoms with E-state index in [1.165, 1.54) is 32.3 Å². The van der Waals surface area contributed by atoms with Crippen molar-refractivity contribution in [3.8, 4) is 5.75 Å². The van der Waals surface area contributed by atoms with Crippen LogP contribution in [-0.4, -0.2) is 32.8 Å². The molecule has 0 spiro atoms. The predicted molar refractivity (Wildman–Crippen MR) is 116 cm³/mol. The van der Waals surface area contributed by atoms with E-state index in [1.54, 1.807) is 6.08 Å². The van der Waals surface area contributed by atoms with Crippen LogP contribution < -0.4 is 4.74 Å². The number of nitrogens with zero attached hydrogens (tertiary/aromatic N) is 1. The molecule has 0 aliphatic carbocycles. The first-order chi connectivity index (χ1) is 14.8. The Bertz CT molecular complexity index is 1130. The van der Waals surface area contributed by atoms with Crippen molar-refractivity contribution in [2.75, 3.05) is 14.1 Å². The molecular formula is C23H23NO6S. The van der Waals surface area contributed by atoms with E-state index in [0.29, 0.717) is 6.61 Å². The molecule has 0 N–H and O–H groups in total. The van der Waals surface area contributed by atoms with Gasteiger partial charge in [-0.05, 0) is 41.5 Å². The van der Waals surface area contributed by atoms with Crippen molar-refractivity contribution in [2.45, 2.75) is 18.3 Å². The Morgan fingerprint density at radius 1 is 0.968 bits per heavy atom. The number of sulfonamides is 1. The first kappa shape index (κ1) is 22.3. The summed E-state index contributed by atoms with van der Waals surface area (Å²) in [6.07, 6.45) is 2.91. The summed E-state index contributed by atoms with van der Waals surface area (Å²) in [5.41, 5.74) is 1.89. The van der Waals surface area contributed by atoms with E-state index in [4.69, 9.17) is 13.9 Å². The molecule has 8 heteroatoms. The second-order valence-corrected chi connectivity index (χ2v) is 8.88. The molecule has 1 aromatic heterocycles. The zero-order chi connectivity index (χ0) is 22.3. The number of hydrogen-bond donors (Lipinski definition) is 0. The average Bonchev–Trinajstić information content (AvgIpc) is 3.26. The van der Waals surface area contributed by atoms with Crippen LogP contribution in [0, 0.1) is 0 Å². The summed E-state index contributed by atoms with van der Waals surface area (Å²) in [4.78, 5) is 11.9. The second kappa shape index (κ2) is 10.1. The largest absolute Gasteiger partial charge is 0.489 e. The highest BCUT2D eigenvalue weighted by atomic mass is 32.2. The van der Waals surface area contributed by atoms with Crippen LogP contribution in [0.3, 0.4) is 0 Å². The Morgan fingerprint density at radius 3 is 2.35 bits per heavy atom. The number of esters is 1. The molecule has 3 aromatic rings. The van der Waals surface area contributed by atoms with Crippen molar-refractivity contribution in [3.63, 3.8) is 0 Å². The molecule has 0 fully saturated rings. The van der Waals surface area contributed by atoms with Gasteiger partial charge in [0.1, 0.15) is 24.7 Å². The topological polar surface area (TPSA) is 86.0 Å². The van der Waals surface area contributed by atoms with Crippen LogP contribution in [0.25, 0.3) is 6.08 Å². The van der Waals surface area contributed by atoms with Gasteiger partial charge in [-0.3, -0.25) is 0 Å². The van der Waals surface area contributed by atoms with Gasteiger partial charge in [0.2, 0.25) is 5.09 Å². The fourth-order valence-electron chi connectivity index (χ4n) is 2.53. The number of benzene rings is 2. The molecule has 3 rings (SSSR count). The molecule has 7 nitrogen and oxygen atoms in total. The van der Waals surface area contributed by atoms with Crippen molar-refractivity contribution in [3.05, 3.63) is 89.7 Å². The fraction of sp³-hybridized carbons (Fsp3) is 0.174. The fourth-order valence-corrected chi connectivity index (χ4v) is 3.34. The standard InChI is InChI=1S/C23H23NO6S/c1-24(2)31(26,27)23-15-13-21(30-23)17-29-22(25)14-10-18-8-11-20(12-9-18)28-16-19-6-4-3-5-7-19/h3-15H,16-17H2,1-2H3/b14-10+. The predicted octanol–water partition coefficient (Wildman–Crippen LogP) is 3.87. The summed E-state index contributed by atoms with van der Waals surface area (Å²) in [6.45, 7) is 0.311. The molecule has 0 saturated heterocycles. The monoisotopic (exact) mass is 441 g/mol. The number of ether oxygens (including phenoxy) is 2. The molecular weight excluding hydrogens is 418 g/mol. The lowest BCUT2D eigenvalue weighted by Gasteiger charge is -2.07. The molecule has 0 aliphatic rings. The number of rotatable bonds is 9. The molecule has 2 aromatic carbocycles. The molecule has 0 aliphatic heterocycles. The van der Waals surface area contributed by atoms with E-state index in [9.17, 15) is 13.2 Å². The lowest BCUT2D eigenvalue weighted by atomic mass is 10.2. The van der Waals surface area contributed by atoms with Gasteiger partial charge in [-0.15, -0.1) is 0 Å². The summed E-state index contributed by atoms with van der Waals surface area (Å²) in [7, 11) is -0.849. The van der Waals surface area contributed by atoms with Gasteiger partial charge >= 0.3 is 5.97 Å². The van der Waals surface area contributed by atoms with Gasteiger partial charge in [0.15, 0.2) is 0 Å². The Hall–Kier alpha value is -3.36. The number of carbonyl (C=O) groups excluding carboxylic acids is 1. The minimum absolute atomic E-state index is 0.168. The molecule has 0 atom stereocenters. The van der Waals surface area contributed by atoms with Gasteiger partial charge in [0, 0.05) is 20.2 Å². The van der Waals surface area contributed by atoms with Crippen LogP contribution in [0.15, 0.2) is 82.3 Å². The smallest absolute Gasteiger partial charge is 0.331 e. The maximum atomic E-state index is 12.0. The van der Waals surface area contributed by atoms with Gasteiger partial charge in [-0.2, -0.15) is 0 Å². The zero-order valence-electron chi connectivity index (χ0n) is 17.2. The van der Waals surface area contributed by atoms with Gasteiger partial charge < -0.3 is 13.9 Å². The molecule has 0 bridgehead atoms. The van der Waals surface area contributed by atoms with Gasteiger partial charge in [-0.1, -0.05) is 42.5 Å². The van der Waals surface area contributed by atoms with Crippen LogP contribution in [0.1, 0.15) is 16.9 Å². The summed E-state index contributed by atoms with van der Waals surface area (Å²) in [6, 6.07) is 20.0. The van der Waals surface area contributed by atoms with E-state index in [-0.39, 0.29) is 17.5 Å². The van der Waals surface area contributed by atoms with E-state index in [0.717, 1.165) is 21.2 Å². The van der Waals surface area contributed by atoms with E-state index in [2.05, 4.69) is 0 Å². The maximum Gasteiger partial charge on any atom is 0.331 e. The zero-order valence-corrected chi connectivity index (χ0v) is 18.0. The minimum atomic E-state index is -3.66. The van der Waals surface area contributed by atoms with E-state index >= 15 is 0 Å². The van der Waals surface area contributed by atoms with Crippen molar-refractivity contribution in [1.82, 2.24) is 4.31 Å². The van der Waals surface area contributed by atoms with Crippen LogP contribution in [0.5, 0.6) is 5.75 Å². The Morgan fingerprint density at radius 2 is 1.68 bits per heavy atom. The summed E-state index contributed by atoms with van der Waals surface area (Å²) >= 11 is 0. The highest BCUT2D eigenvalue weighted by molar-refractivity contribution is 7.88. The van der Waals surface area contributed by atoms with Crippen molar-refractivity contribution >= 4 is 22.1 Å². The maximum absolute atomic E-state index is 12.0. The molecule has 0 amide bonds. The third-order valence-corrected chi connectivity index (χ3v) is 5.96. The van der Waals surface area contributed by atoms with Crippen molar-refractivity contribution < 1.29 is 27.1 Å². The quantitative estimate of drug-likeness (QED) is 0.370. The van der Waals surface area contributed by atoms with Crippen LogP contribution in [0.4, 0.5) is 0 Å². The highest BCUT2D eigenvalue weighted by Gasteiger charge is 2.21. The Kier molecular flexibility index (Phi) is 7.28. The molecule has 31 heavy (non-hydrogen) atoms. The van der Waals surface area contributed by atoms with E-state index < -0.39 is 16.0 Å². The molecule has 0 saturated carbocycles. The summed E-state index contributed by atoms with van der Waals surface area (Å²) in [5.74, 6) is 0.393. The summed E-state index contributed by atoms with van der Waals surface area (Å²) in [5, 5.41) is -0.200. The van der Waals surface area contributed by atoms with Crippen LogP contribution in [-0.2, 0) is 32.8 Å². The number of furan rings is 1. The molecule has 0 unspecified atom stereocenters.